The molecular weight excluding hydrogens is 250 g/mol. The second-order valence-electron chi connectivity index (χ2n) is 4.46. The molecule has 0 aliphatic rings. The zero-order valence-corrected chi connectivity index (χ0v) is 11.3. The summed E-state index contributed by atoms with van der Waals surface area (Å²) in [6.07, 6.45) is 1.12. The maximum atomic E-state index is 12.1. The molecule has 0 bridgehead atoms. The molecule has 0 aliphatic carbocycles. The average Bonchev–Trinajstić information content (AvgIpc) is 2.53. The van der Waals surface area contributed by atoms with Crippen molar-refractivity contribution in [2.24, 2.45) is 0 Å². The van der Waals surface area contributed by atoms with Gasteiger partial charge in [-0.15, -0.1) is 0 Å². The van der Waals surface area contributed by atoms with E-state index in [1.165, 1.54) is 0 Å². The van der Waals surface area contributed by atoms with Crippen LogP contribution in [0.4, 0.5) is 0 Å². The lowest BCUT2D eigenvalue weighted by atomic mass is 10.0. The predicted molar refractivity (Wildman–Crippen MR) is 76.8 cm³/mol. The van der Waals surface area contributed by atoms with Crippen LogP contribution < -0.4 is 4.74 Å². The number of hydrogen-bond donors (Lipinski definition) is 0. The van der Waals surface area contributed by atoms with E-state index in [9.17, 15) is 4.79 Å². The zero-order valence-electron chi connectivity index (χ0n) is 11.3. The van der Waals surface area contributed by atoms with Gasteiger partial charge in [-0.05, 0) is 36.2 Å². The number of ketones is 1. The molecule has 0 heterocycles. The standard InChI is InChI=1S/C17H15NO2/c1-20-16-4-2-3-13(11-16)7-10-17(19)15-8-5-14(12-18)6-9-15/h2-6,8-9,11H,7,10H2,1H3. The number of carbonyl (C=O) groups excluding carboxylic acids is 1. The molecule has 0 saturated heterocycles. The first-order chi connectivity index (χ1) is 9.72. The fraction of sp³-hybridized carbons (Fsp3) is 0.176. The lowest BCUT2D eigenvalue weighted by molar-refractivity contribution is 0.0983. The van der Waals surface area contributed by atoms with Crippen LogP contribution in [0.5, 0.6) is 5.75 Å². The minimum Gasteiger partial charge on any atom is -0.497 e. The Kier molecular flexibility index (Phi) is 4.52. The number of aryl methyl sites for hydroxylation is 1. The van der Waals surface area contributed by atoms with Gasteiger partial charge in [0.2, 0.25) is 0 Å². The van der Waals surface area contributed by atoms with Crippen LogP contribution in [0.25, 0.3) is 0 Å². The Morgan fingerprint density at radius 3 is 2.60 bits per heavy atom. The van der Waals surface area contributed by atoms with Crippen molar-refractivity contribution in [3.63, 3.8) is 0 Å². The van der Waals surface area contributed by atoms with Gasteiger partial charge in [0.05, 0.1) is 18.7 Å². The van der Waals surface area contributed by atoms with E-state index in [2.05, 4.69) is 0 Å². The second kappa shape index (κ2) is 6.53. The molecule has 3 heteroatoms. The van der Waals surface area contributed by atoms with Gasteiger partial charge in [0.15, 0.2) is 5.78 Å². The van der Waals surface area contributed by atoms with Gasteiger partial charge in [-0.25, -0.2) is 0 Å². The van der Waals surface area contributed by atoms with Crippen LogP contribution in [0.1, 0.15) is 27.9 Å². The van der Waals surface area contributed by atoms with E-state index >= 15 is 0 Å². The van der Waals surface area contributed by atoms with Crippen LogP contribution >= 0.6 is 0 Å². The topological polar surface area (TPSA) is 50.1 Å². The van der Waals surface area contributed by atoms with E-state index < -0.39 is 0 Å². The highest BCUT2D eigenvalue weighted by atomic mass is 16.5. The molecular formula is C17H15NO2. The van der Waals surface area contributed by atoms with Gasteiger partial charge in [-0.3, -0.25) is 4.79 Å². The quantitative estimate of drug-likeness (QED) is 0.779. The molecule has 0 spiro atoms. The highest BCUT2D eigenvalue weighted by Gasteiger charge is 2.06. The molecule has 0 radical (unpaired) electrons. The van der Waals surface area contributed by atoms with Crippen LogP contribution in [0.2, 0.25) is 0 Å². The Labute approximate surface area is 118 Å². The van der Waals surface area contributed by atoms with E-state index in [0.717, 1.165) is 11.3 Å². The van der Waals surface area contributed by atoms with Crippen molar-refractivity contribution >= 4 is 5.78 Å². The number of Topliss-reactive ketones (excluding diaryl/α,β-unsaturated/α-hetero) is 1. The molecule has 3 nitrogen and oxygen atoms in total. The highest BCUT2D eigenvalue weighted by Crippen LogP contribution is 2.15. The minimum absolute atomic E-state index is 0.0808. The summed E-state index contributed by atoms with van der Waals surface area (Å²) in [4.78, 5) is 12.1. The van der Waals surface area contributed by atoms with Crippen LogP contribution in [0, 0.1) is 11.3 Å². The number of benzene rings is 2. The summed E-state index contributed by atoms with van der Waals surface area (Å²) in [5.74, 6) is 0.880. The van der Waals surface area contributed by atoms with Crippen molar-refractivity contribution in [1.82, 2.24) is 0 Å². The Balaban J connectivity index is 1.99. The predicted octanol–water partition coefficient (Wildman–Crippen LogP) is 3.38. The van der Waals surface area contributed by atoms with Crippen LogP contribution in [-0.2, 0) is 6.42 Å². The second-order valence-corrected chi connectivity index (χ2v) is 4.46. The van der Waals surface area contributed by atoms with Crippen molar-refractivity contribution in [3.8, 4) is 11.8 Å². The Morgan fingerprint density at radius 1 is 1.20 bits per heavy atom. The number of nitriles is 1. The summed E-state index contributed by atoms with van der Waals surface area (Å²) < 4.78 is 5.16. The maximum absolute atomic E-state index is 12.1. The summed E-state index contributed by atoms with van der Waals surface area (Å²) in [6.45, 7) is 0. The molecule has 20 heavy (non-hydrogen) atoms. The van der Waals surface area contributed by atoms with E-state index in [4.69, 9.17) is 10.00 Å². The van der Waals surface area contributed by atoms with E-state index in [-0.39, 0.29) is 5.78 Å². The largest absolute Gasteiger partial charge is 0.497 e. The maximum Gasteiger partial charge on any atom is 0.163 e. The Hall–Kier alpha value is -2.60. The number of methoxy groups -OCH3 is 1. The van der Waals surface area contributed by atoms with Gasteiger partial charge in [0.1, 0.15) is 5.75 Å². The fourth-order valence-electron chi connectivity index (χ4n) is 1.96. The van der Waals surface area contributed by atoms with Crippen molar-refractivity contribution < 1.29 is 9.53 Å². The van der Waals surface area contributed by atoms with Crippen LogP contribution in [-0.4, -0.2) is 12.9 Å². The number of ether oxygens (including phenoxy) is 1. The van der Waals surface area contributed by atoms with E-state index in [1.807, 2.05) is 30.3 Å². The van der Waals surface area contributed by atoms with Crippen molar-refractivity contribution in [2.75, 3.05) is 7.11 Å². The number of rotatable bonds is 5. The van der Waals surface area contributed by atoms with Gasteiger partial charge < -0.3 is 4.74 Å². The average molecular weight is 265 g/mol. The molecule has 0 saturated carbocycles. The molecule has 0 aliphatic heterocycles. The third-order valence-corrected chi connectivity index (χ3v) is 3.11. The van der Waals surface area contributed by atoms with Gasteiger partial charge in [-0.1, -0.05) is 24.3 Å². The lowest BCUT2D eigenvalue weighted by Gasteiger charge is -2.04. The Morgan fingerprint density at radius 2 is 1.95 bits per heavy atom. The summed E-state index contributed by atoms with van der Waals surface area (Å²) in [7, 11) is 1.63. The molecule has 0 fully saturated rings. The van der Waals surface area contributed by atoms with Gasteiger partial charge in [0, 0.05) is 12.0 Å². The molecule has 2 rings (SSSR count). The minimum atomic E-state index is 0.0808. The summed E-state index contributed by atoms with van der Waals surface area (Å²) in [5, 5.41) is 8.72. The number of hydrogen-bond acceptors (Lipinski definition) is 3. The van der Waals surface area contributed by atoms with Crippen molar-refractivity contribution in [2.45, 2.75) is 12.8 Å². The van der Waals surface area contributed by atoms with Crippen LogP contribution in [0.3, 0.4) is 0 Å². The van der Waals surface area contributed by atoms with Crippen molar-refractivity contribution in [3.05, 3.63) is 65.2 Å². The molecule has 0 N–H and O–H groups in total. The van der Waals surface area contributed by atoms with E-state index in [0.29, 0.717) is 24.0 Å². The number of nitrogens with zero attached hydrogens (tertiary/aromatic N) is 1. The first-order valence-electron chi connectivity index (χ1n) is 6.39. The molecule has 0 aromatic heterocycles. The zero-order chi connectivity index (χ0) is 14.4. The molecule has 0 atom stereocenters. The fourth-order valence-corrected chi connectivity index (χ4v) is 1.96. The monoisotopic (exact) mass is 265 g/mol. The van der Waals surface area contributed by atoms with Crippen LogP contribution in [0.15, 0.2) is 48.5 Å². The smallest absolute Gasteiger partial charge is 0.163 e. The molecule has 2 aromatic carbocycles. The first-order valence-corrected chi connectivity index (χ1v) is 6.39. The lowest BCUT2D eigenvalue weighted by Crippen LogP contribution is -2.01. The highest BCUT2D eigenvalue weighted by molar-refractivity contribution is 5.96. The molecule has 2 aromatic rings. The van der Waals surface area contributed by atoms with E-state index in [1.54, 1.807) is 31.4 Å². The third-order valence-electron chi connectivity index (χ3n) is 3.11. The normalized spacial score (nSPS) is 9.80. The summed E-state index contributed by atoms with van der Waals surface area (Å²) in [6, 6.07) is 16.5. The number of carbonyl (C=O) groups is 1. The van der Waals surface area contributed by atoms with Crippen molar-refractivity contribution in [1.29, 1.82) is 5.26 Å². The summed E-state index contributed by atoms with van der Waals surface area (Å²) in [5.41, 5.74) is 2.28. The molecule has 100 valence electrons. The van der Waals surface area contributed by atoms with Gasteiger partial charge >= 0.3 is 0 Å². The van der Waals surface area contributed by atoms with Gasteiger partial charge in [0.25, 0.3) is 0 Å². The molecule has 0 unspecified atom stereocenters. The third kappa shape index (κ3) is 3.46. The SMILES string of the molecule is COc1cccc(CCC(=O)c2ccc(C#N)cc2)c1. The molecule has 0 amide bonds. The van der Waals surface area contributed by atoms with Gasteiger partial charge in [-0.2, -0.15) is 5.26 Å². The first kappa shape index (κ1) is 13.8. The summed E-state index contributed by atoms with van der Waals surface area (Å²) >= 11 is 0. The Bertz CT molecular complexity index is 639.